The van der Waals surface area contributed by atoms with Crippen molar-refractivity contribution in [3.63, 3.8) is 0 Å². The van der Waals surface area contributed by atoms with Gasteiger partial charge in [0.05, 0.1) is 28.1 Å². The molecule has 4 heterocycles. The van der Waals surface area contributed by atoms with E-state index in [0.29, 0.717) is 5.82 Å². The lowest BCUT2D eigenvalue weighted by Crippen LogP contribution is -1.96. The molecule has 0 spiro atoms. The van der Waals surface area contributed by atoms with Gasteiger partial charge in [-0.15, -0.1) is 0 Å². The first-order valence-corrected chi connectivity index (χ1v) is 17.0. The van der Waals surface area contributed by atoms with E-state index in [0.717, 1.165) is 89.1 Å². The molecule has 4 aromatic heterocycles. The molecule has 0 atom stereocenters. The molecule has 0 aliphatic carbocycles. The number of aryl methyl sites for hydroxylation is 1. The van der Waals surface area contributed by atoms with Crippen molar-refractivity contribution < 1.29 is 0 Å². The topological polar surface area (TPSA) is 64.5 Å². The molecular formula is C46H31N5. The van der Waals surface area contributed by atoms with Crippen LogP contribution in [0.5, 0.6) is 0 Å². The molecule has 0 saturated carbocycles. The average Bonchev–Trinajstić information content (AvgIpc) is 3.21. The lowest BCUT2D eigenvalue weighted by molar-refractivity contribution is 1.18. The zero-order valence-corrected chi connectivity index (χ0v) is 27.9. The summed E-state index contributed by atoms with van der Waals surface area (Å²) in [4.78, 5) is 24.2. The fourth-order valence-corrected chi connectivity index (χ4v) is 6.62. The van der Waals surface area contributed by atoms with Crippen LogP contribution in [0.4, 0.5) is 0 Å². The predicted octanol–water partition coefficient (Wildman–Crippen LogP) is 11.3. The summed E-state index contributed by atoms with van der Waals surface area (Å²) in [7, 11) is 0. The third kappa shape index (κ3) is 5.91. The second-order valence-corrected chi connectivity index (χ2v) is 12.6. The van der Waals surface area contributed by atoms with Crippen LogP contribution >= 0.6 is 0 Å². The third-order valence-electron chi connectivity index (χ3n) is 9.29. The van der Waals surface area contributed by atoms with Crippen LogP contribution in [0, 0.1) is 6.92 Å². The molecule has 0 saturated heterocycles. The summed E-state index contributed by atoms with van der Waals surface area (Å²) >= 11 is 0. The number of nitrogens with zero attached hydrogens (tertiary/aromatic N) is 5. The van der Waals surface area contributed by atoms with Crippen molar-refractivity contribution >= 4 is 21.8 Å². The van der Waals surface area contributed by atoms with Crippen LogP contribution in [0.25, 0.3) is 89.2 Å². The Morgan fingerprint density at radius 2 is 0.902 bits per heavy atom. The summed E-state index contributed by atoms with van der Waals surface area (Å²) in [5.41, 5.74) is 14.1. The van der Waals surface area contributed by atoms with Gasteiger partial charge in [0.25, 0.3) is 0 Å². The van der Waals surface area contributed by atoms with Gasteiger partial charge >= 0.3 is 0 Å². The van der Waals surface area contributed by atoms with E-state index in [1.807, 2.05) is 43.3 Å². The van der Waals surface area contributed by atoms with Crippen molar-refractivity contribution in [3.8, 4) is 67.4 Å². The summed E-state index contributed by atoms with van der Waals surface area (Å²) in [5, 5.41) is 2.17. The molecule has 0 bridgehead atoms. The summed E-state index contributed by atoms with van der Waals surface area (Å²) in [5.74, 6) is 0.673. The maximum Gasteiger partial charge on any atom is 0.160 e. The quantitative estimate of drug-likeness (QED) is 0.167. The largest absolute Gasteiger partial charge is 0.265 e. The van der Waals surface area contributed by atoms with E-state index in [1.54, 1.807) is 12.4 Å². The van der Waals surface area contributed by atoms with Gasteiger partial charge in [-0.1, -0.05) is 127 Å². The summed E-state index contributed by atoms with van der Waals surface area (Å²) in [6, 6.07) is 54.6. The highest BCUT2D eigenvalue weighted by atomic mass is 14.9. The molecule has 5 nitrogen and oxygen atoms in total. The molecular weight excluding hydrogens is 623 g/mol. The van der Waals surface area contributed by atoms with E-state index in [9.17, 15) is 0 Å². The molecule has 240 valence electrons. The van der Waals surface area contributed by atoms with Crippen LogP contribution < -0.4 is 0 Å². The highest BCUT2D eigenvalue weighted by Crippen LogP contribution is 2.36. The van der Waals surface area contributed by atoms with Crippen molar-refractivity contribution in [1.82, 2.24) is 24.9 Å². The van der Waals surface area contributed by atoms with Crippen molar-refractivity contribution in [2.24, 2.45) is 0 Å². The summed E-state index contributed by atoms with van der Waals surface area (Å²) in [6.45, 7) is 2.03. The Hall–Kier alpha value is -6.85. The standard InChI is InChI=1S/C46H31N5/c1-30-12-13-37-22-23-39-40(28-41(34-8-4-2-5-9-34)49-45(39)44(37)48-30)33-18-14-31(15-19-33)32-16-20-36(21-17-32)43-29-42(35-10-6-3-7-11-35)50-46(51-43)38-24-26-47-27-25-38/h2-29H,1H3. The number of pyridine rings is 3. The molecule has 0 unspecified atom stereocenters. The molecule has 5 heteroatoms. The minimum atomic E-state index is 0.673. The monoisotopic (exact) mass is 653 g/mol. The number of hydrogen-bond acceptors (Lipinski definition) is 5. The van der Waals surface area contributed by atoms with Gasteiger partial charge in [0.2, 0.25) is 0 Å². The second-order valence-electron chi connectivity index (χ2n) is 12.6. The Morgan fingerprint density at radius 3 is 1.53 bits per heavy atom. The first-order chi connectivity index (χ1) is 25.2. The van der Waals surface area contributed by atoms with Crippen LogP contribution in [0.2, 0.25) is 0 Å². The van der Waals surface area contributed by atoms with E-state index in [4.69, 9.17) is 19.9 Å². The van der Waals surface area contributed by atoms with Gasteiger partial charge in [-0.2, -0.15) is 0 Å². The third-order valence-corrected chi connectivity index (χ3v) is 9.29. The van der Waals surface area contributed by atoms with Crippen LogP contribution in [0.1, 0.15) is 5.69 Å². The van der Waals surface area contributed by atoms with E-state index < -0.39 is 0 Å². The lowest BCUT2D eigenvalue weighted by Gasteiger charge is -2.13. The molecule has 0 N–H and O–H groups in total. The number of rotatable bonds is 6. The van der Waals surface area contributed by atoms with E-state index in [1.165, 1.54) is 0 Å². The smallest absolute Gasteiger partial charge is 0.160 e. The Labute approximate surface area is 296 Å². The molecule has 0 amide bonds. The normalized spacial score (nSPS) is 11.2. The van der Waals surface area contributed by atoms with Gasteiger partial charge in [-0.3, -0.25) is 9.97 Å². The summed E-state index contributed by atoms with van der Waals surface area (Å²) < 4.78 is 0. The van der Waals surface area contributed by atoms with Crippen molar-refractivity contribution in [2.75, 3.05) is 0 Å². The van der Waals surface area contributed by atoms with E-state index in [2.05, 4.69) is 126 Å². The molecule has 0 radical (unpaired) electrons. The van der Waals surface area contributed by atoms with Crippen LogP contribution in [-0.2, 0) is 0 Å². The maximum absolute atomic E-state index is 5.17. The SMILES string of the molecule is Cc1ccc2ccc3c(-c4ccc(-c5ccc(-c6cc(-c7ccccc7)nc(-c7ccncc7)n6)cc5)cc4)cc(-c4ccccc4)nc3c2n1. The zero-order valence-electron chi connectivity index (χ0n) is 27.9. The first kappa shape index (κ1) is 30.2. The van der Waals surface area contributed by atoms with Gasteiger partial charge in [-0.25, -0.2) is 15.0 Å². The van der Waals surface area contributed by atoms with Crippen LogP contribution in [-0.4, -0.2) is 24.9 Å². The van der Waals surface area contributed by atoms with Gasteiger partial charge in [0.15, 0.2) is 5.82 Å². The average molecular weight is 654 g/mol. The zero-order chi connectivity index (χ0) is 34.1. The Kier molecular flexibility index (Phi) is 7.63. The molecule has 5 aromatic carbocycles. The van der Waals surface area contributed by atoms with Gasteiger partial charge in [-0.05, 0) is 59.5 Å². The highest BCUT2D eigenvalue weighted by Gasteiger charge is 2.15. The number of aromatic nitrogens is 5. The number of benzene rings is 5. The molecule has 9 rings (SSSR count). The Balaban J connectivity index is 1.08. The van der Waals surface area contributed by atoms with Crippen LogP contribution in [0.3, 0.4) is 0 Å². The maximum atomic E-state index is 5.17. The molecule has 51 heavy (non-hydrogen) atoms. The number of hydrogen-bond donors (Lipinski definition) is 0. The van der Waals surface area contributed by atoms with E-state index in [-0.39, 0.29) is 0 Å². The van der Waals surface area contributed by atoms with Crippen LogP contribution in [0.15, 0.2) is 170 Å². The Bertz CT molecular complexity index is 2600. The molecule has 0 fully saturated rings. The highest BCUT2D eigenvalue weighted by molar-refractivity contribution is 6.09. The van der Waals surface area contributed by atoms with Gasteiger partial charge < -0.3 is 0 Å². The lowest BCUT2D eigenvalue weighted by atomic mass is 9.95. The van der Waals surface area contributed by atoms with E-state index >= 15 is 0 Å². The molecule has 9 aromatic rings. The minimum Gasteiger partial charge on any atom is -0.265 e. The number of fused-ring (bicyclic) bond motifs is 3. The fourth-order valence-electron chi connectivity index (χ4n) is 6.62. The molecule has 0 aliphatic rings. The fraction of sp³-hybridized carbons (Fsp3) is 0.0217. The Morgan fingerprint density at radius 1 is 0.373 bits per heavy atom. The summed E-state index contributed by atoms with van der Waals surface area (Å²) in [6.07, 6.45) is 3.54. The second kappa shape index (κ2) is 12.9. The first-order valence-electron chi connectivity index (χ1n) is 17.0. The minimum absolute atomic E-state index is 0.673. The van der Waals surface area contributed by atoms with Crippen molar-refractivity contribution in [1.29, 1.82) is 0 Å². The van der Waals surface area contributed by atoms with Gasteiger partial charge in [0, 0.05) is 51.1 Å². The van der Waals surface area contributed by atoms with Gasteiger partial charge in [0.1, 0.15) is 0 Å². The van der Waals surface area contributed by atoms with Crippen molar-refractivity contribution in [2.45, 2.75) is 6.92 Å². The predicted molar refractivity (Wildman–Crippen MR) is 208 cm³/mol. The molecule has 0 aliphatic heterocycles. The van der Waals surface area contributed by atoms with Crippen molar-refractivity contribution in [3.05, 3.63) is 176 Å².